The van der Waals surface area contributed by atoms with Crippen molar-refractivity contribution in [2.45, 2.75) is 6.54 Å². The molecule has 0 spiro atoms. The number of halogens is 1. The number of aromatic nitrogens is 3. The largest absolute Gasteiger partial charge is 0.486 e. The fraction of sp³-hybridized carbons (Fsp3) is 0.250. The van der Waals surface area contributed by atoms with Gasteiger partial charge in [0.1, 0.15) is 25.6 Å². The Bertz CT molecular complexity index is 662. The van der Waals surface area contributed by atoms with Gasteiger partial charge in [-0.1, -0.05) is 15.9 Å². The van der Waals surface area contributed by atoms with Crippen molar-refractivity contribution in [3.05, 3.63) is 34.3 Å². The van der Waals surface area contributed by atoms with Crippen LogP contribution in [0.3, 0.4) is 0 Å². The van der Waals surface area contributed by atoms with Crippen LogP contribution in [0.1, 0.15) is 11.4 Å². The lowest BCUT2D eigenvalue weighted by Gasteiger charge is -2.19. The molecule has 1 aliphatic heterocycles. The molecule has 0 fully saturated rings. The first kappa shape index (κ1) is 12.0. The molecule has 2 heterocycles. The molecule has 0 bridgehead atoms. The lowest BCUT2D eigenvalue weighted by molar-refractivity contribution is 0.171. The summed E-state index contributed by atoms with van der Waals surface area (Å²) in [6, 6.07) is 5.69. The molecule has 1 aromatic carbocycles. The van der Waals surface area contributed by atoms with Gasteiger partial charge in [0.05, 0.1) is 6.54 Å². The monoisotopic (exact) mass is 320 g/mol. The van der Waals surface area contributed by atoms with Crippen molar-refractivity contribution in [3.63, 3.8) is 0 Å². The van der Waals surface area contributed by atoms with E-state index in [2.05, 4.69) is 26.0 Å². The van der Waals surface area contributed by atoms with Crippen molar-refractivity contribution in [1.29, 1.82) is 5.26 Å². The molecule has 0 saturated carbocycles. The van der Waals surface area contributed by atoms with E-state index in [9.17, 15) is 0 Å². The molecule has 1 aromatic heterocycles. The number of hydrogen-bond donors (Lipinski definition) is 0. The Morgan fingerprint density at radius 2 is 2.05 bits per heavy atom. The predicted molar refractivity (Wildman–Crippen MR) is 69.0 cm³/mol. The number of benzene rings is 1. The maximum absolute atomic E-state index is 8.70. The first-order chi connectivity index (χ1) is 9.26. The van der Waals surface area contributed by atoms with Crippen LogP contribution in [-0.2, 0) is 6.54 Å². The zero-order chi connectivity index (χ0) is 13.2. The highest BCUT2D eigenvalue weighted by atomic mass is 79.9. The summed E-state index contributed by atoms with van der Waals surface area (Å²) in [5.74, 6) is 1.62. The average Bonchev–Trinajstić information content (AvgIpc) is 2.87. The number of nitrogens with zero attached hydrogens (tertiary/aromatic N) is 4. The van der Waals surface area contributed by atoms with E-state index < -0.39 is 0 Å². The molecular weight excluding hydrogens is 312 g/mol. The molecule has 0 radical (unpaired) electrons. The molecule has 0 N–H and O–H groups in total. The fourth-order valence-corrected chi connectivity index (χ4v) is 2.27. The molecule has 1 aliphatic rings. The third-order valence-corrected chi connectivity index (χ3v) is 3.42. The van der Waals surface area contributed by atoms with Gasteiger partial charge >= 0.3 is 0 Å². The van der Waals surface area contributed by atoms with Crippen molar-refractivity contribution in [2.75, 3.05) is 13.2 Å². The highest BCUT2D eigenvalue weighted by Gasteiger charge is 2.15. The molecule has 96 valence electrons. The van der Waals surface area contributed by atoms with Crippen molar-refractivity contribution in [2.24, 2.45) is 0 Å². The van der Waals surface area contributed by atoms with Crippen LogP contribution in [0, 0.1) is 11.3 Å². The molecule has 0 amide bonds. The van der Waals surface area contributed by atoms with E-state index in [0.29, 0.717) is 19.8 Å². The smallest absolute Gasteiger partial charge is 0.252 e. The lowest BCUT2D eigenvalue weighted by Crippen LogP contribution is -2.16. The van der Waals surface area contributed by atoms with Crippen LogP contribution in [0.5, 0.6) is 11.5 Å². The van der Waals surface area contributed by atoms with Gasteiger partial charge in [-0.3, -0.25) is 0 Å². The van der Waals surface area contributed by atoms with E-state index in [0.717, 1.165) is 21.5 Å². The van der Waals surface area contributed by atoms with Gasteiger partial charge in [-0.2, -0.15) is 5.26 Å². The second kappa shape index (κ2) is 4.90. The van der Waals surface area contributed by atoms with Gasteiger partial charge in [-0.05, 0) is 17.7 Å². The Morgan fingerprint density at radius 3 is 2.74 bits per heavy atom. The second-order valence-electron chi connectivity index (χ2n) is 3.96. The summed E-state index contributed by atoms with van der Waals surface area (Å²) < 4.78 is 13.6. The standard InChI is InChI=1S/C12H9BrN4O2/c13-9-4-11-10(18-1-2-19-11)3-8(9)6-17-7-15-12(5-14)16-17/h3-4,7H,1-2,6H2. The molecule has 0 unspecified atom stereocenters. The Kier molecular flexibility index (Phi) is 3.09. The molecule has 3 rings (SSSR count). The SMILES string of the molecule is N#Cc1ncn(Cc2cc3c(cc2Br)OCCO3)n1. The molecule has 7 heteroatoms. The summed E-state index contributed by atoms with van der Waals surface area (Å²) in [6.45, 7) is 1.62. The Balaban J connectivity index is 1.90. The maximum Gasteiger partial charge on any atom is 0.252 e. The van der Waals surface area contributed by atoms with Crippen molar-refractivity contribution >= 4 is 15.9 Å². The van der Waals surface area contributed by atoms with Gasteiger partial charge in [-0.15, -0.1) is 5.10 Å². The predicted octanol–water partition coefficient (Wildman–Crippen LogP) is 1.73. The molecule has 19 heavy (non-hydrogen) atoms. The lowest BCUT2D eigenvalue weighted by atomic mass is 10.2. The molecule has 0 atom stereocenters. The summed E-state index contributed by atoms with van der Waals surface area (Å²) in [6.07, 6.45) is 1.53. The quantitative estimate of drug-likeness (QED) is 0.842. The number of nitriles is 1. The van der Waals surface area contributed by atoms with Gasteiger partial charge in [0, 0.05) is 4.47 Å². The van der Waals surface area contributed by atoms with Crippen LogP contribution in [0.2, 0.25) is 0 Å². The van der Waals surface area contributed by atoms with E-state index in [1.165, 1.54) is 6.33 Å². The zero-order valence-corrected chi connectivity index (χ0v) is 11.4. The first-order valence-electron chi connectivity index (χ1n) is 5.64. The molecule has 2 aromatic rings. The molecule has 0 aliphatic carbocycles. The summed E-state index contributed by atoms with van der Waals surface area (Å²) in [5, 5.41) is 12.7. The molecule has 0 saturated heterocycles. The minimum absolute atomic E-state index is 0.161. The summed E-state index contributed by atoms with van der Waals surface area (Å²) in [5.41, 5.74) is 0.985. The van der Waals surface area contributed by atoms with Gasteiger partial charge in [0.25, 0.3) is 5.82 Å². The number of hydrogen-bond acceptors (Lipinski definition) is 5. The maximum atomic E-state index is 8.70. The van der Waals surface area contributed by atoms with Crippen LogP contribution in [0.25, 0.3) is 0 Å². The molecule has 6 nitrogen and oxygen atoms in total. The van der Waals surface area contributed by atoms with E-state index in [-0.39, 0.29) is 5.82 Å². The Hall–Kier alpha value is -2.07. The Morgan fingerprint density at radius 1 is 1.32 bits per heavy atom. The number of rotatable bonds is 2. The minimum atomic E-state index is 0.161. The van der Waals surface area contributed by atoms with Crippen molar-refractivity contribution in [3.8, 4) is 17.6 Å². The van der Waals surface area contributed by atoms with E-state index in [4.69, 9.17) is 14.7 Å². The van der Waals surface area contributed by atoms with Crippen LogP contribution >= 0.6 is 15.9 Å². The topological polar surface area (TPSA) is 73.0 Å². The van der Waals surface area contributed by atoms with Crippen LogP contribution in [-0.4, -0.2) is 28.0 Å². The van der Waals surface area contributed by atoms with Gasteiger partial charge in [0.15, 0.2) is 11.5 Å². The van der Waals surface area contributed by atoms with Crippen molar-refractivity contribution < 1.29 is 9.47 Å². The summed E-state index contributed by atoms with van der Waals surface area (Å²) >= 11 is 3.49. The van der Waals surface area contributed by atoms with Crippen LogP contribution in [0.4, 0.5) is 0 Å². The Labute approximate surface area is 117 Å². The minimum Gasteiger partial charge on any atom is -0.486 e. The average molecular weight is 321 g/mol. The first-order valence-corrected chi connectivity index (χ1v) is 6.43. The zero-order valence-electron chi connectivity index (χ0n) is 9.84. The highest BCUT2D eigenvalue weighted by molar-refractivity contribution is 9.10. The van der Waals surface area contributed by atoms with E-state index in [1.54, 1.807) is 4.68 Å². The normalized spacial score (nSPS) is 13.1. The van der Waals surface area contributed by atoms with Crippen molar-refractivity contribution in [1.82, 2.24) is 14.8 Å². The number of ether oxygens (including phenoxy) is 2. The van der Waals surface area contributed by atoms with E-state index in [1.807, 2.05) is 18.2 Å². The number of fused-ring (bicyclic) bond motifs is 1. The third-order valence-electron chi connectivity index (χ3n) is 2.68. The van der Waals surface area contributed by atoms with E-state index >= 15 is 0 Å². The molecular formula is C12H9BrN4O2. The van der Waals surface area contributed by atoms with Gasteiger partial charge in [-0.25, -0.2) is 9.67 Å². The van der Waals surface area contributed by atoms with Gasteiger partial charge in [0.2, 0.25) is 0 Å². The van der Waals surface area contributed by atoms with Crippen LogP contribution in [0.15, 0.2) is 22.9 Å². The fourth-order valence-electron chi connectivity index (χ4n) is 1.82. The van der Waals surface area contributed by atoms with Crippen LogP contribution < -0.4 is 9.47 Å². The summed E-state index contributed by atoms with van der Waals surface area (Å²) in [7, 11) is 0. The van der Waals surface area contributed by atoms with Gasteiger partial charge < -0.3 is 9.47 Å². The highest BCUT2D eigenvalue weighted by Crippen LogP contribution is 2.35. The third kappa shape index (κ3) is 2.39. The summed E-state index contributed by atoms with van der Waals surface area (Å²) in [4.78, 5) is 3.87. The second-order valence-corrected chi connectivity index (χ2v) is 4.82.